The fourth-order valence-electron chi connectivity index (χ4n) is 3.53. The molecule has 0 bridgehead atoms. The first-order valence-electron chi connectivity index (χ1n) is 9.16. The third-order valence-electron chi connectivity index (χ3n) is 5.08. The van der Waals surface area contributed by atoms with Crippen molar-refractivity contribution < 1.29 is 9.59 Å². The second kappa shape index (κ2) is 8.13. The molecule has 3 rings (SSSR count). The molecule has 5 heteroatoms. The van der Waals surface area contributed by atoms with Crippen molar-refractivity contribution >= 4 is 11.8 Å². The minimum Gasteiger partial charge on any atom is -0.356 e. The quantitative estimate of drug-likeness (QED) is 0.900. The summed E-state index contributed by atoms with van der Waals surface area (Å²) in [4.78, 5) is 30.8. The number of aromatic nitrogens is 1. The number of nitrogens with zero attached hydrogens (tertiary/aromatic N) is 2. The molecule has 2 atom stereocenters. The molecule has 2 aromatic rings. The summed E-state index contributed by atoms with van der Waals surface area (Å²) in [7, 11) is 1.81. The van der Waals surface area contributed by atoms with Crippen molar-refractivity contribution in [1.82, 2.24) is 15.2 Å². The second-order valence-corrected chi connectivity index (χ2v) is 6.77. The minimum absolute atomic E-state index is 0.00335. The summed E-state index contributed by atoms with van der Waals surface area (Å²) in [6.45, 7) is 2.57. The van der Waals surface area contributed by atoms with Crippen LogP contribution in [0.5, 0.6) is 0 Å². The Morgan fingerprint density at radius 1 is 1.12 bits per heavy atom. The zero-order valence-corrected chi connectivity index (χ0v) is 15.3. The van der Waals surface area contributed by atoms with Crippen molar-refractivity contribution in [3.05, 3.63) is 54.4 Å². The lowest BCUT2D eigenvalue weighted by Crippen LogP contribution is -2.37. The van der Waals surface area contributed by atoms with Crippen LogP contribution in [0.25, 0.3) is 11.1 Å². The molecule has 136 valence electrons. The SMILES string of the molecule is CCNC(=O)[C@H]1CC[C@@H](N(C)C(=O)c2ccc(-c3ccccc3)cn2)C1. The molecule has 1 aromatic carbocycles. The number of hydrogen-bond acceptors (Lipinski definition) is 3. The van der Waals surface area contributed by atoms with Crippen molar-refractivity contribution in [2.24, 2.45) is 5.92 Å². The molecule has 2 amide bonds. The Morgan fingerprint density at radius 2 is 1.88 bits per heavy atom. The Bertz CT molecular complexity index is 759. The molecule has 5 nitrogen and oxygen atoms in total. The van der Waals surface area contributed by atoms with E-state index in [0.29, 0.717) is 12.2 Å². The van der Waals surface area contributed by atoms with E-state index in [2.05, 4.69) is 10.3 Å². The summed E-state index contributed by atoms with van der Waals surface area (Å²) in [5.41, 5.74) is 2.50. The Morgan fingerprint density at radius 3 is 2.54 bits per heavy atom. The van der Waals surface area contributed by atoms with Gasteiger partial charge in [0.1, 0.15) is 5.69 Å². The van der Waals surface area contributed by atoms with E-state index in [1.54, 1.807) is 24.2 Å². The number of amides is 2. The lowest BCUT2D eigenvalue weighted by molar-refractivity contribution is -0.124. The van der Waals surface area contributed by atoms with Gasteiger partial charge in [0.05, 0.1) is 0 Å². The maximum Gasteiger partial charge on any atom is 0.272 e. The fourth-order valence-corrected chi connectivity index (χ4v) is 3.53. The van der Waals surface area contributed by atoms with Crippen LogP contribution in [-0.2, 0) is 4.79 Å². The average Bonchev–Trinajstić information content (AvgIpc) is 3.18. The highest BCUT2D eigenvalue weighted by atomic mass is 16.2. The Hall–Kier alpha value is -2.69. The largest absolute Gasteiger partial charge is 0.356 e. The molecule has 1 aliphatic carbocycles. The lowest BCUT2D eigenvalue weighted by atomic mass is 10.1. The third-order valence-corrected chi connectivity index (χ3v) is 5.08. The second-order valence-electron chi connectivity index (χ2n) is 6.77. The molecule has 0 aliphatic heterocycles. The van der Waals surface area contributed by atoms with Gasteiger partial charge in [-0.15, -0.1) is 0 Å². The molecule has 1 saturated carbocycles. The van der Waals surface area contributed by atoms with Gasteiger partial charge in [-0.05, 0) is 37.8 Å². The van der Waals surface area contributed by atoms with Crippen LogP contribution < -0.4 is 5.32 Å². The van der Waals surface area contributed by atoms with Crippen molar-refractivity contribution in [2.45, 2.75) is 32.2 Å². The molecule has 1 N–H and O–H groups in total. The smallest absolute Gasteiger partial charge is 0.272 e. The Balaban J connectivity index is 1.65. The van der Waals surface area contributed by atoms with E-state index in [1.165, 1.54) is 0 Å². The molecule has 26 heavy (non-hydrogen) atoms. The van der Waals surface area contributed by atoms with E-state index >= 15 is 0 Å². The molecular formula is C21H25N3O2. The van der Waals surface area contributed by atoms with Crippen molar-refractivity contribution in [2.75, 3.05) is 13.6 Å². The number of carbonyl (C=O) groups excluding carboxylic acids is 2. The van der Waals surface area contributed by atoms with Crippen molar-refractivity contribution in [3.63, 3.8) is 0 Å². The van der Waals surface area contributed by atoms with Crippen molar-refractivity contribution in [1.29, 1.82) is 0 Å². The summed E-state index contributed by atoms with van der Waals surface area (Å²) < 4.78 is 0. The summed E-state index contributed by atoms with van der Waals surface area (Å²) in [6, 6.07) is 13.8. The highest BCUT2D eigenvalue weighted by Crippen LogP contribution is 2.29. The van der Waals surface area contributed by atoms with Gasteiger partial charge in [0.2, 0.25) is 5.91 Å². The first-order chi connectivity index (χ1) is 12.6. The van der Waals surface area contributed by atoms with Gasteiger partial charge in [-0.2, -0.15) is 0 Å². The fraction of sp³-hybridized carbons (Fsp3) is 0.381. The van der Waals surface area contributed by atoms with Crippen LogP contribution in [0.1, 0.15) is 36.7 Å². The van der Waals surface area contributed by atoms with Gasteiger partial charge in [-0.3, -0.25) is 14.6 Å². The summed E-state index contributed by atoms with van der Waals surface area (Å²) in [5, 5.41) is 2.87. The molecule has 1 aliphatic rings. The van der Waals surface area contributed by atoms with Gasteiger partial charge >= 0.3 is 0 Å². The summed E-state index contributed by atoms with van der Waals surface area (Å²) >= 11 is 0. The molecule has 1 fully saturated rings. The van der Waals surface area contributed by atoms with Crippen LogP contribution in [0.3, 0.4) is 0 Å². The summed E-state index contributed by atoms with van der Waals surface area (Å²) in [6.07, 6.45) is 4.14. The van der Waals surface area contributed by atoms with Gasteiger partial charge in [0.15, 0.2) is 0 Å². The first-order valence-corrected chi connectivity index (χ1v) is 9.16. The standard InChI is InChI=1S/C21H25N3O2/c1-3-22-20(25)16-9-11-18(13-16)24(2)21(26)19-12-10-17(14-23-19)15-7-5-4-6-8-15/h4-8,10,12,14,16,18H,3,9,11,13H2,1-2H3,(H,22,25)/t16-,18+/m0/s1. The van der Waals surface area contributed by atoms with E-state index in [9.17, 15) is 9.59 Å². The molecule has 1 heterocycles. The monoisotopic (exact) mass is 351 g/mol. The predicted octanol–water partition coefficient (Wildman–Crippen LogP) is 3.13. The first kappa shape index (κ1) is 18.1. The Labute approximate surface area is 154 Å². The van der Waals surface area contributed by atoms with Crippen LogP contribution in [-0.4, -0.2) is 41.3 Å². The summed E-state index contributed by atoms with van der Waals surface area (Å²) in [5.74, 6) is 0.0102. The molecular weight excluding hydrogens is 326 g/mol. The van der Waals surface area contributed by atoms with Gasteiger partial charge in [-0.25, -0.2) is 0 Å². The molecule has 0 spiro atoms. The molecule has 1 aromatic heterocycles. The van der Waals surface area contributed by atoms with Crippen LogP contribution in [0, 0.1) is 5.92 Å². The predicted molar refractivity (Wildman–Crippen MR) is 102 cm³/mol. The van der Waals surface area contributed by atoms with E-state index in [4.69, 9.17) is 0 Å². The molecule has 0 unspecified atom stereocenters. The van der Waals surface area contributed by atoms with E-state index in [0.717, 1.165) is 30.4 Å². The van der Waals surface area contributed by atoms with Gasteiger partial charge in [-0.1, -0.05) is 36.4 Å². The van der Waals surface area contributed by atoms with E-state index < -0.39 is 0 Å². The van der Waals surface area contributed by atoms with Crippen LogP contribution in [0.4, 0.5) is 0 Å². The normalized spacial score (nSPS) is 19.2. The highest BCUT2D eigenvalue weighted by Gasteiger charge is 2.34. The highest BCUT2D eigenvalue weighted by molar-refractivity contribution is 5.92. The molecule has 0 saturated heterocycles. The topological polar surface area (TPSA) is 62.3 Å². The number of pyridine rings is 1. The van der Waals surface area contributed by atoms with Gasteiger partial charge in [0, 0.05) is 37.3 Å². The Kier molecular flexibility index (Phi) is 5.66. The van der Waals surface area contributed by atoms with E-state index in [1.807, 2.05) is 43.3 Å². The van der Waals surface area contributed by atoms with E-state index in [-0.39, 0.29) is 23.8 Å². The number of rotatable bonds is 5. The number of nitrogens with one attached hydrogen (secondary N) is 1. The maximum atomic E-state index is 12.7. The van der Waals surface area contributed by atoms with Crippen molar-refractivity contribution in [3.8, 4) is 11.1 Å². The minimum atomic E-state index is -0.0915. The number of hydrogen-bond donors (Lipinski definition) is 1. The van der Waals surface area contributed by atoms with Crippen LogP contribution >= 0.6 is 0 Å². The lowest BCUT2D eigenvalue weighted by Gasteiger charge is -2.24. The average molecular weight is 351 g/mol. The number of carbonyl (C=O) groups is 2. The van der Waals surface area contributed by atoms with Gasteiger partial charge < -0.3 is 10.2 Å². The van der Waals surface area contributed by atoms with Crippen LogP contribution in [0.2, 0.25) is 0 Å². The zero-order chi connectivity index (χ0) is 18.5. The molecule has 0 radical (unpaired) electrons. The van der Waals surface area contributed by atoms with Gasteiger partial charge in [0.25, 0.3) is 5.91 Å². The number of benzene rings is 1. The van der Waals surface area contributed by atoms with Crippen LogP contribution in [0.15, 0.2) is 48.7 Å². The third kappa shape index (κ3) is 3.93. The maximum absolute atomic E-state index is 12.7. The zero-order valence-electron chi connectivity index (χ0n) is 15.3.